The number of hydrogen-bond acceptors (Lipinski definition) is 3. The van der Waals surface area contributed by atoms with Crippen molar-refractivity contribution in [3.8, 4) is 0 Å². The van der Waals surface area contributed by atoms with Crippen molar-refractivity contribution in [1.82, 2.24) is 4.90 Å². The molecule has 0 saturated heterocycles. The lowest BCUT2D eigenvalue weighted by Crippen LogP contribution is -2.38. The number of carbonyl (C=O) groups is 1. The number of rotatable bonds is 5. The highest BCUT2D eigenvalue weighted by molar-refractivity contribution is 7.89. The molecule has 0 aliphatic carbocycles. The van der Waals surface area contributed by atoms with E-state index in [1.807, 2.05) is 20.8 Å². The summed E-state index contributed by atoms with van der Waals surface area (Å²) in [5.41, 5.74) is -0.0927. The number of nitrogens with two attached hydrogens (primary N) is 1. The fourth-order valence-electron chi connectivity index (χ4n) is 2.11. The van der Waals surface area contributed by atoms with E-state index in [1.165, 1.54) is 11.8 Å². The van der Waals surface area contributed by atoms with Gasteiger partial charge in [0.1, 0.15) is 5.82 Å². The van der Waals surface area contributed by atoms with Crippen LogP contribution in [0.5, 0.6) is 0 Å². The Bertz CT molecular complexity index is 642. The molecule has 0 unspecified atom stereocenters. The van der Waals surface area contributed by atoms with Gasteiger partial charge in [0.15, 0.2) is 0 Å². The summed E-state index contributed by atoms with van der Waals surface area (Å²) in [7, 11) is -4.00. The Morgan fingerprint density at radius 1 is 1.38 bits per heavy atom. The largest absolute Gasteiger partial charge is 0.336 e. The number of halogens is 1. The molecule has 0 bridgehead atoms. The molecule has 7 heteroatoms. The molecule has 21 heavy (non-hydrogen) atoms. The molecule has 0 aliphatic rings. The third kappa shape index (κ3) is 4.01. The summed E-state index contributed by atoms with van der Waals surface area (Å²) < 4.78 is 37.0. The first kappa shape index (κ1) is 17.6. The van der Waals surface area contributed by atoms with Gasteiger partial charge in [-0.1, -0.05) is 6.92 Å². The summed E-state index contributed by atoms with van der Waals surface area (Å²) >= 11 is 0. The summed E-state index contributed by atoms with van der Waals surface area (Å²) in [6.07, 6.45) is 0.722. The Kier molecular flexibility index (Phi) is 5.47. The zero-order valence-electron chi connectivity index (χ0n) is 12.7. The molecule has 1 rings (SSSR count). The van der Waals surface area contributed by atoms with E-state index in [2.05, 4.69) is 0 Å². The van der Waals surface area contributed by atoms with Gasteiger partial charge in [-0.3, -0.25) is 4.79 Å². The molecule has 0 atom stereocenters. The van der Waals surface area contributed by atoms with Crippen LogP contribution in [-0.4, -0.2) is 31.8 Å². The highest BCUT2D eigenvalue weighted by atomic mass is 32.2. The van der Waals surface area contributed by atoms with Gasteiger partial charge in [0.25, 0.3) is 5.91 Å². The maximum Gasteiger partial charge on any atom is 0.257 e. The molecule has 1 aromatic carbocycles. The Hall–Kier alpha value is -1.47. The summed E-state index contributed by atoms with van der Waals surface area (Å²) in [6.45, 7) is 7.45. The lowest BCUT2D eigenvalue weighted by molar-refractivity contribution is 0.0701. The number of amides is 1. The van der Waals surface area contributed by atoms with Gasteiger partial charge >= 0.3 is 0 Å². The lowest BCUT2D eigenvalue weighted by atomic mass is 10.1. The number of carbonyl (C=O) groups excluding carboxylic acids is 1. The minimum atomic E-state index is -4.00. The third-order valence-corrected chi connectivity index (χ3v) is 4.20. The van der Waals surface area contributed by atoms with Crippen LogP contribution < -0.4 is 5.14 Å². The van der Waals surface area contributed by atoms with Crippen molar-refractivity contribution >= 4 is 15.9 Å². The van der Waals surface area contributed by atoms with E-state index in [9.17, 15) is 17.6 Å². The van der Waals surface area contributed by atoms with Gasteiger partial charge in [0.05, 0.1) is 10.5 Å². The van der Waals surface area contributed by atoms with Crippen LogP contribution in [-0.2, 0) is 10.0 Å². The maximum absolute atomic E-state index is 14.0. The average molecular weight is 316 g/mol. The van der Waals surface area contributed by atoms with Gasteiger partial charge in [-0.25, -0.2) is 17.9 Å². The molecule has 1 amide bonds. The second-order valence-corrected chi connectivity index (χ2v) is 6.76. The molecular formula is C14H21FN2O3S. The van der Waals surface area contributed by atoms with Crippen LogP contribution in [0.2, 0.25) is 0 Å². The first-order valence-corrected chi connectivity index (χ1v) is 8.28. The minimum Gasteiger partial charge on any atom is -0.336 e. The summed E-state index contributed by atoms with van der Waals surface area (Å²) in [4.78, 5) is 13.7. The molecule has 0 radical (unpaired) electrons. The molecule has 0 aliphatic heterocycles. The fraction of sp³-hybridized carbons (Fsp3) is 0.500. The van der Waals surface area contributed by atoms with Crippen LogP contribution in [0.4, 0.5) is 4.39 Å². The number of benzene rings is 1. The molecule has 0 spiro atoms. The van der Waals surface area contributed by atoms with Crippen LogP contribution in [0.15, 0.2) is 17.0 Å². The van der Waals surface area contributed by atoms with Gasteiger partial charge in [-0.05, 0) is 44.9 Å². The van der Waals surface area contributed by atoms with E-state index in [0.29, 0.717) is 6.54 Å². The van der Waals surface area contributed by atoms with E-state index in [-0.39, 0.29) is 22.1 Å². The van der Waals surface area contributed by atoms with Crippen LogP contribution in [0.25, 0.3) is 0 Å². The van der Waals surface area contributed by atoms with Crippen LogP contribution >= 0.6 is 0 Å². The van der Waals surface area contributed by atoms with Crippen molar-refractivity contribution in [3.05, 3.63) is 29.1 Å². The molecular weight excluding hydrogens is 295 g/mol. The molecule has 118 valence electrons. The van der Waals surface area contributed by atoms with Crippen molar-refractivity contribution in [2.24, 2.45) is 5.14 Å². The molecule has 5 nitrogen and oxygen atoms in total. The molecule has 0 aromatic heterocycles. The first-order chi connectivity index (χ1) is 9.59. The molecule has 0 saturated carbocycles. The minimum absolute atomic E-state index is 0.115. The van der Waals surface area contributed by atoms with Crippen molar-refractivity contribution in [2.45, 2.75) is 45.1 Å². The predicted octanol–water partition coefficient (Wildman–Crippen LogP) is 2.04. The third-order valence-electron chi connectivity index (χ3n) is 3.15. The van der Waals surface area contributed by atoms with Crippen molar-refractivity contribution in [3.63, 3.8) is 0 Å². The number of nitrogens with zero attached hydrogens (tertiary/aromatic N) is 1. The SMILES string of the molecule is CCCN(C(=O)c1cc(S(N)(=O)=O)c(C)cc1F)C(C)C. The average Bonchev–Trinajstić information content (AvgIpc) is 2.33. The summed E-state index contributed by atoms with van der Waals surface area (Å²) in [5, 5.41) is 5.10. The van der Waals surface area contributed by atoms with Gasteiger partial charge < -0.3 is 4.90 Å². The number of aryl methyl sites for hydroxylation is 1. The second-order valence-electron chi connectivity index (χ2n) is 5.23. The topological polar surface area (TPSA) is 80.5 Å². The Labute approximate surface area is 125 Å². The van der Waals surface area contributed by atoms with Gasteiger partial charge in [-0.2, -0.15) is 0 Å². The van der Waals surface area contributed by atoms with Crippen LogP contribution in [0.1, 0.15) is 43.1 Å². The first-order valence-electron chi connectivity index (χ1n) is 6.73. The monoisotopic (exact) mass is 316 g/mol. The zero-order chi connectivity index (χ0) is 16.4. The second kappa shape index (κ2) is 6.53. The van der Waals surface area contributed by atoms with Crippen LogP contribution in [0.3, 0.4) is 0 Å². The van der Waals surface area contributed by atoms with Crippen molar-refractivity contribution in [1.29, 1.82) is 0 Å². The Morgan fingerprint density at radius 2 is 1.95 bits per heavy atom. The van der Waals surface area contributed by atoms with Crippen molar-refractivity contribution < 1.29 is 17.6 Å². The number of primary sulfonamides is 1. The fourth-order valence-corrected chi connectivity index (χ4v) is 2.90. The van der Waals surface area contributed by atoms with E-state index in [1.54, 1.807) is 0 Å². The van der Waals surface area contributed by atoms with Gasteiger partial charge in [0, 0.05) is 12.6 Å². The molecule has 0 fully saturated rings. The van der Waals surface area contributed by atoms with E-state index < -0.39 is 21.7 Å². The predicted molar refractivity (Wildman–Crippen MR) is 79.0 cm³/mol. The quantitative estimate of drug-likeness (QED) is 0.902. The zero-order valence-corrected chi connectivity index (χ0v) is 13.5. The standard InChI is InChI=1S/C14H21FN2O3S/c1-5-6-17(9(2)3)14(18)11-8-13(21(16,19)20)10(4)7-12(11)15/h7-9H,5-6H2,1-4H3,(H2,16,19,20). The highest BCUT2D eigenvalue weighted by Gasteiger charge is 2.24. The molecule has 2 N–H and O–H groups in total. The van der Waals surface area contributed by atoms with Crippen LogP contribution in [0, 0.1) is 12.7 Å². The number of hydrogen-bond donors (Lipinski definition) is 1. The van der Waals surface area contributed by atoms with Crippen molar-refractivity contribution in [2.75, 3.05) is 6.54 Å². The maximum atomic E-state index is 14.0. The normalized spacial score (nSPS) is 11.8. The van der Waals surface area contributed by atoms with Gasteiger partial charge in [-0.15, -0.1) is 0 Å². The summed E-state index contributed by atoms with van der Waals surface area (Å²) in [5.74, 6) is -1.28. The molecule has 0 heterocycles. The smallest absolute Gasteiger partial charge is 0.257 e. The van der Waals surface area contributed by atoms with E-state index >= 15 is 0 Å². The lowest BCUT2D eigenvalue weighted by Gasteiger charge is -2.26. The Balaban J connectivity index is 3.39. The highest BCUT2D eigenvalue weighted by Crippen LogP contribution is 2.21. The van der Waals surface area contributed by atoms with E-state index in [4.69, 9.17) is 5.14 Å². The van der Waals surface area contributed by atoms with E-state index in [0.717, 1.165) is 18.6 Å². The number of sulfonamides is 1. The van der Waals surface area contributed by atoms with Gasteiger partial charge in [0.2, 0.25) is 10.0 Å². The molecule has 1 aromatic rings. The Morgan fingerprint density at radius 3 is 2.38 bits per heavy atom. The summed E-state index contributed by atoms with van der Waals surface area (Å²) in [6, 6.07) is 1.93.